The zero-order valence-electron chi connectivity index (χ0n) is 12.3. The van der Waals surface area contributed by atoms with Gasteiger partial charge < -0.3 is 10.1 Å². The van der Waals surface area contributed by atoms with Crippen LogP contribution in [0.2, 0.25) is 0 Å². The molecule has 2 heterocycles. The molecule has 0 spiro atoms. The number of hydrogen-bond acceptors (Lipinski definition) is 6. The predicted octanol–water partition coefficient (Wildman–Crippen LogP) is 2.98. The average Bonchev–Trinajstić information content (AvgIpc) is 2.87. The minimum absolute atomic E-state index is 0.312. The molecule has 0 aromatic carbocycles. The molecule has 0 saturated heterocycles. The van der Waals surface area contributed by atoms with Gasteiger partial charge in [-0.2, -0.15) is 0 Å². The molecule has 1 N–H and O–H groups in total. The van der Waals surface area contributed by atoms with Crippen LogP contribution < -0.4 is 10.1 Å². The van der Waals surface area contributed by atoms with Gasteiger partial charge in [0.15, 0.2) is 0 Å². The fourth-order valence-corrected chi connectivity index (χ4v) is 2.97. The molecule has 1 atom stereocenters. The first-order valence-electron chi connectivity index (χ1n) is 6.74. The molecule has 2 aromatic heterocycles. The largest absolute Gasteiger partial charge is 0.480 e. The fourth-order valence-electron chi connectivity index (χ4n) is 1.92. The molecule has 0 bridgehead atoms. The zero-order chi connectivity index (χ0) is 14.5. The van der Waals surface area contributed by atoms with Gasteiger partial charge in [0.2, 0.25) is 5.88 Å². The number of rotatable bonds is 6. The third-order valence-electron chi connectivity index (χ3n) is 2.99. The van der Waals surface area contributed by atoms with Gasteiger partial charge in [0, 0.05) is 17.0 Å². The van der Waals surface area contributed by atoms with Crippen molar-refractivity contribution in [3.8, 4) is 16.6 Å². The van der Waals surface area contributed by atoms with Crippen LogP contribution in [-0.4, -0.2) is 28.8 Å². The van der Waals surface area contributed by atoms with Gasteiger partial charge in [0.05, 0.1) is 12.8 Å². The Hall–Kier alpha value is -1.53. The van der Waals surface area contributed by atoms with Crippen molar-refractivity contribution in [2.75, 3.05) is 13.7 Å². The Morgan fingerprint density at radius 2 is 2.15 bits per heavy atom. The van der Waals surface area contributed by atoms with E-state index in [4.69, 9.17) is 4.74 Å². The third kappa shape index (κ3) is 3.32. The van der Waals surface area contributed by atoms with E-state index < -0.39 is 0 Å². The highest BCUT2D eigenvalue weighted by atomic mass is 32.1. The number of hydrogen-bond donors (Lipinski definition) is 1. The summed E-state index contributed by atoms with van der Waals surface area (Å²) in [6.07, 6.45) is 1.12. The second kappa shape index (κ2) is 6.76. The molecule has 0 amide bonds. The SMILES string of the molecule is CCCNC(C)c1sc(-c2ccc(OC)nn2)nc1C. The van der Waals surface area contributed by atoms with Gasteiger partial charge in [-0.1, -0.05) is 6.92 Å². The van der Waals surface area contributed by atoms with Gasteiger partial charge in [0.1, 0.15) is 10.7 Å². The number of methoxy groups -OCH3 is 1. The lowest BCUT2D eigenvalue weighted by molar-refractivity contribution is 0.392. The summed E-state index contributed by atoms with van der Waals surface area (Å²) >= 11 is 1.67. The average molecular weight is 292 g/mol. The molecule has 6 heteroatoms. The highest BCUT2D eigenvalue weighted by Gasteiger charge is 2.15. The molecule has 0 aliphatic heterocycles. The van der Waals surface area contributed by atoms with Crippen LogP contribution in [0.4, 0.5) is 0 Å². The lowest BCUT2D eigenvalue weighted by atomic mass is 10.2. The molecule has 0 saturated carbocycles. The van der Waals surface area contributed by atoms with E-state index >= 15 is 0 Å². The van der Waals surface area contributed by atoms with Crippen molar-refractivity contribution < 1.29 is 4.74 Å². The van der Waals surface area contributed by atoms with E-state index in [1.54, 1.807) is 24.5 Å². The molecule has 2 rings (SSSR count). The summed E-state index contributed by atoms with van der Waals surface area (Å²) in [6.45, 7) is 7.38. The molecule has 20 heavy (non-hydrogen) atoms. The summed E-state index contributed by atoms with van der Waals surface area (Å²) in [7, 11) is 1.58. The van der Waals surface area contributed by atoms with E-state index in [1.807, 2.05) is 13.0 Å². The van der Waals surface area contributed by atoms with Crippen molar-refractivity contribution in [2.45, 2.75) is 33.2 Å². The van der Waals surface area contributed by atoms with Crippen LogP contribution >= 0.6 is 11.3 Å². The van der Waals surface area contributed by atoms with Crippen LogP contribution in [0.1, 0.15) is 36.9 Å². The van der Waals surface area contributed by atoms with Crippen molar-refractivity contribution in [1.82, 2.24) is 20.5 Å². The highest BCUT2D eigenvalue weighted by Crippen LogP contribution is 2.30. The van der Waals surface area contributed by atoms with Gasteiger partial charge in [0.25, 0.3) is 0 Å². The molecule has 0 aliphatic carbocycles. The summed E-state index contributed by atoms with van der Waals surface area (Å²) in [6, 6.07) is 4.00. The number of ether oxygens (including phenoxy) is 1. The molecule has 1 unspecified atom stereocenters. The molecule has 0 fully saturated rings. The van der Waals surface area contributed by atoms with E-state index in [1.165, 1.54) is 4.88 Å². The first kappa shape index (κ1) is 14.9. The van der Waals surface area contributed by atoms with Gasteiger partial charge in [-0.05, 0) is 32.9 Å². The molecule has 0 radical (unpaired) electrons. The minimum atomic E-state index is 0.312. The molecular weight excluding hydrogens is 272 g/mol. The first-order chi connectivity index (χ1) is 9.65. The predicted molar refractivity (Wildman–Crippen MR) is 81.1 cm³/mol. The lowest BCUT2D eigenvalue weighted by Crippen LogP contribution is -2.18. The van der Waals surface area contributed by atoms with E-state index in [-0.39, 0.29) is 0 Å². The molecular formula is C14H20N4OS. The Kier molecular flexibility index (Phi) is 5.03. The number of nitrogens with one attached hydrogen (secondary N) is 1. The lowest BCUT2D eigenvalue weighted by Gasteiger charge is -2.11. The van der Waals surface area contributed by atoms with Crippen molar-refractivity contribution in [1.29, 1.82) is 0 Å². The van der Waals surface area contributed by atoms with E-state index in [0.29, 0.717) is 11.9 Å². The standard InChI is InChI=1S/C14H20N4OS/c1-5-8-15-9(2)13-10(3)16-14(20-13)11-6-7-12(19-4)18-17-11/h6-7,9,15H,5,8H2,1-4H3. The van der Waals surface area contributed by atoms with E-state index in [9.17, 15) is 0 Å². The maximum absolute atomic E-state index is 5.02. The first-order valence-corrected chi connectivity index (χ1v) is 7.56. The Morgan fingerprint density at radius 1 is 1.35 bits per heavy atom. The summed E-state index contributed by atoms with van der Waals surface area (Å²) < 4.78 is 5.02. The minimum Gasteiger partial charge on any atom is -0.480 e. The Labute approximate surface area is 123 Å². The summed E-state index contributed by atoms with van der Waals surface area (Å²) in [5.41, 5.74) is 1.84. The zero-order valence-corrected chi connectivity index (χ0v) is 13.1. The highest BCUT2D eigenvalue weighted by molar-refractivity contribution is 7.15. The van der Waals surface area contributed by atoms with Crippen LogP contribution in [0.15, 0.2) is 12.1 Å². The molecule has 5 nitrogen and oxygen atoms in total. The van der Waals surface area contributed by atoms with Crippen LogP contribution in [0, 0.1) is 6.92 Å². The maximum atomic E-state index is 5.02. The number of nitrogens with zero attached hydrogens (tertiary/aromatic N) is 3. The molecule has 2 aromatic rings. The van der Waals surface area contributed by atoms with Crippen LogP contribution in [-0.2, 0) is 0 Å². The van der Waals surface area contributed by atoms with Crippen molar-refractivity contribution in [3.63, 3.8) is 0 Å². The third-order valence-corrected chi connectivity index (χ3v) is 4.36. The monoisotopic (exact) mass is 292 g/mol. The van der Waals surface area contributed by atoms with Crippen LogP contribution in [0.3, 0.4) is 0 Å². The Balaban J connectivity index is 2.21. The number of aromatic nitrogens is 3. The fraction of sp³-hybridized carbons (Fsp3) is 0.500. The van der Waals surface area contributed by atoms with Gasteiger partial charge >= 0.3 is 0 Å². The quantitative estimate of drug-likeness (QED) is 0.887. The maximum Gasteiger partial charge on any atom is 0.233 e. The number of thiazole rings is 1. The van der Waals surface area contributed by atoms with Crippen molar-refractivity contribution in [3.05, 3.63) is 22.7 Å². The van der Waals surface area contributed by atoms with Crippen LogP contribution in [0.25, 0.3) is 10.7 Å². The van der Waals surface area contributed by atoms with Gasteiger partial charge in [-0.25, -0.2) is 4.98 Å². The van der Waals surface area contributed by atoms with Crippen molar-refractivity contribution >= 4 is 11.3 Å². The normalized spacial score (nSPS) is 12.4. The van der Waals surface area contributed by atoms with Gasteiger partial charge in [-0.3, -0.25) is 0 Å². The van der Waals surface area contributed by atoms with Crippen LogP contribution in [0.5, 0.6) is 5.88 Å². The number of aryl methyl sites for hydroxylation is 1. The van der Waals surface area contributed by atoms with Gasteiger partial charge in [-0.15, -0.1) is 21.5 Å². The smallest absolute Gasteiger partial charge is 0.233 e. The summed E-state index contributed by atoms with van der Waals surface area (Å²) in [5, 5.41) is 12.5. The Morgan fingerprint density at radius 3 is 2.75 bits per heavy atom. The second-order valence-corrected chi connectivity index (χ2v) is 5.64. The van der Waals surface area contributed by atoms with Crippen molar-refractivity contribution in [2.24, 2.45) is 0 Å². The van der Waals surface area contributed by atoms with E-state index in [0.717, 1.165) is 29.4 Å². The summed E-state index contributed by atoms with van der Waals surface area (Å²) in [5.74, 6) is 0.514. The van der Waals surface area contributed by atoms with E-state index in [2.05, 4.69) is 34.3 Å². The Bertz CT molecular complexity index is 553. The second-order valence-electron chi connectivity index (χ2n) is 4.61. The summed E-state index contributed by atoms with van der Waals surface area (Å²) in [4.78, 5) is 5.86. The molecule has 108 valence electrons. The topological polar surface area (TPSA) is 59.9 Å². The molecule has 0 aliphatic rings.